The molecule has 3 rings (SSSR count). The maximum atomic E-state index is 11.5. The maximum absolute atomic E-state index is 11.5. The molecule has 2 aromatic rings. The highest BCUT2D eigenvalue weighted by atomic mass is 16.5. The average molecular weight is 396 g/mol. The molecule has 11 heteroatoms. The van der Waals surface area contributed by atoms with Crippen molar-refractivity contribution in [1.82, 2.24) is 20.0 Å². The fourth-order valence-corrected chi connectivity index (χ4v) is 2.99. The molecule has 0 aromatic carbocycles. The van der Waals surface area contributed by atoms with Crippen LogP contribution in [-0.4, -0.2) is 67.5 Å². The van der Waals surface area contributed by atoms with Gasteiger partial charge in [0.1, 0.15) is 11.6 Å². The van der Waals surface area contributed by atoms with Gasteiger partial charge in [0.15, 0.2) is 0 Å². The van der Waals surface area contributed by atoms with Crippen molar-refractivity contribution in [2.75, 3.05) is 13.1 Å². The van der Waals surface area contributed by atoms with Crippen LogP contribution in [0.5, 0.6) is 0 Å². The Kier molecular flexibility index (Phi) is 9.54. The van der Waals surface area contributed by atoms with Gasteiger partial charge in [-0.1, -0.05) is 5.16 Å². The summed E-state index contributed by atoms with van der Waals surface area (Å²) in [5.41, 5.74) is 1.43. The lowest BCUT2D eigenvalue weighted by Gasteiger charge is -2.14. The van der Waals surface area contributed by atoms with Gasteiger partial charge in [-0.15, -0.1) is 0 Å². The number of likely N-dealkylation sites (tertiary alicyclic amines) is 1. The molecule has 0 bridgehead atoms. The first-order valence-electron chi connectivity index (χ1n) is 8.38. The largest absolute Gasteiger partial charge is 0.483 e. The predicted octanol–water partition coefficient (Wildman–Crippen LogP) is -0.188. The van der Waals surface area contributed by atoms with E-state index in [-0.39, 0.29) is 24.4 Å². The van der Waals surface area contributed by atoms with Crippen LogP contribution in [0.1, 0.15) is 23.0 Å². The highest BCUT2D eigenvalue weighted by Gasteiger charge is 2.32. The fourth-order valence-electron chi connectivity index (χ4n) is 2.99. The normalized spacial score (nSPS) is 18.4. The van der Waals surface area contributed by atoms with Crippen LogP contribution in [0.4, 0.5) is 0 Å². The summed E-state index contributed by atoms with van der Waals surface area (Å²) in [5, 5.41) is 27.9. The zero-order chi connectivity index (χ0) is 21.1. The molecule has 0 radical (unpaired) electrons. The van der Waals surface area contributed by atoms with Gasteiger partial charge in [0.25, 0.3) is 18.5 Å². The Morgan fingerprint density at radius 2 is 1.89 bits per heavy atom. The summed E-state index contributed by atoms with van der Waals surface area (Å²) < 4.78 is 5.22. The van der Waals surface area contributed by atoms with Crippen LogP contribution in [0.25, 0.3) is 0 Å². The number of H-pyrrole nitrogens is 1. The van der Waals surface area contributed by atoms with Gasteiger partial charge in [0, 0.05) is 44.1 Å². The first kappa shape index (κ1) is 23.0. The van der Waals surface area contributed by atoms with Crippen LogP contribution in [0, 0.1) is 19.8 Å². The SMILES string of the molecule is Cc1cc(C[C@@H]2CN(Cc3cc(=O)[nH]c(C)n3)C[C@H]2O)on1.O=CO.O=CO. The van der Waals surface area contributed by atoms with E-state index in [1.54, 1.807) is 6.92 Å². The maximum Gasteiger partial charge on any atom is 0.290 e. The van der Waals surface area contributed by atoms with Crippen molar-refractivity contribution in [3.05, 3.63) is 45.5 Å². The number of nitrogens with one attached hydrogen (secondary N) is 1. The Morgan fingerprint density at radius 1 is 1.25 bits per heavy atom. The van der Waals surface area contributed by atoms with Gasteiger partial charge < -0.3 is 24.8 Å². The smallest absolute Gasteiger partial charge is 0.290 e. The number of hydrogen-bond donors (Lipinski definition) is 4. The molecule has 1 aliphatic rings. The summed E-state index contributed by atoms with van der Waals surface area (Å²) >= 11 is 0. The molecule has 3 heterocycles. The van der Waals surface area contributed by atoms with Crippen molar-refractivity contribution in [3.63, 3.8) is 0 Å². The number of nitrogens with zero attached hydrogens (tertiary/aromatic N) is 3. The number of aromatic amines is 1. The number of aryl methyl sites for hydroxylation is 2. The molecule has 2 aromatic heterocycles. The molecule has 4 N–H and O–H groups in total. The van der Waals surface area contributed by atoms with E-state index in [2.05, 4.69) is 20.0 Å². The minimum Gasteiger partial charge on any atom is -0.483 e. The van der Waals surface area contributed by atoms with Gasteiger partial charge in [0.2, 0.25) is 0 Å². The molecule has 0 amide bonds. The molecule has 0 aliphatic carbocycles. The van der Waals surface area contributed by atoms with E-state index in [4.69, 9.17) is 24.3 Å². The van der Waals surface area contributed by atoms with Gasteiger partial charge in [-0.25, -0.2) is 4.98 Å². The second-order valence-electron chi connectivity index (χ2n) is 6.19. The molecule has 28 heavy (non-hydrogen) atoms. The van der Waals surface area contributed by atoms with Gasteiger partial charge in [0.05, 0.1) is 17.5 Å². The molecule has 0 saturated carbocycles. The molecule has 0 spiro atoms. The van der Waals surface area contributed by atoms with E-state index in [9.17, 15) is 9.90 Å². The fraction of sp³-hybridized carbons (Fsp3) is 0.471. The van der Waals surface area contributed by atoms with Crippen LogP contribution in [0.2, 0.25) is 0 Å². The van der Waals surface area contributed by atoms with Crippen LogP contribution in [0.15, 0.2) is 21.5 Å². The van der Waals surface area contributed by atoms with E-state index in [0.29, 0.717) is 25.3 Å². The highest BCUT2D eigenvalue weighted by molar-refractivity contribution is 5.33. The molecule has 154 valence electrons. The lowest BCUT2D eigenvalue weighted by molar-refractivity contribution is -0.123. The van der Waals surface area contributed by atoms with Gasteiger partial charge in [-0.05, 0) is 13.8 Å². The van der Waals surface area contributed by atoms with Gasteiger partial charge >= 0.3 is 0 Å². The quantitative estimate of drug-likeness (QED) is 0.508. The number of carboxylic acid groups (broad SMARTS) is 2. The second kappa shape index (κ2) is 11.6. The average Bonchev–Trinajstić information content (AvgIpc) is 3.14. The van der Waals surface area contributed by atoms with Crippen LogP contribution >= 0.6 is 0 Å². The summed E-state index contributed by atoms with van der Waals surface area (Å²) in [6.07, 6.45) is 0.258. The van der Waals surface area contributed by atoms with E-state index < -0.39 is 6.10 Å². The lowest BCUT2D eigenvalue weighted by atomic mass is 10.0. The van der Waals surface area contributed by atoms with Crippen LogP contribution in [-0.2, 0) is 22.6 Å². The van der Waals surface area contributed by atoms with Gasteiger partial charge in [-0.3, -0.25) is 19.3 Å². The lowest BCUT2D eigenvalue weighted by Crippen LogP contribution is -2.23. The first-order valence-corrected chi connectivity index (χ1v) is 8.38. The third-order valence-electron chi connectivity index (χ3n) is 3.92. The minimum absolute atomic E-state index is 0.107. The number of hydrogen-bond acceptors (Lipinski definition) is 8. The van der Waals surface area contributed by atoms with Gasteiger partial charge in [-0.2, -0.15) is 0 Å². The minimum atomic E-state index is -0.409. The van der Waals surface area contributed by atoms with E-state index in [1.165, 1.54) is 6.07 Å². The third kappa shape index (κ3) is 7.68. The van der Waals surface area contributed by atoms with Crippen molar-refractivity contribution in [2.45, 2.75) is 32.9 Å². The zero-order valence-corrected chi connectivity index (χ0v) is 15.6. The number of β-amino-alcohol motifs (C(OH)–C–C–N with tert-alkyl or cyclic N) is 1. The Morgan fingerprint density at radius 3 is 2.43 bits per heavy atom. The summed E-state index contributed by atoms with van der Waals surface area (Å²) in [5.74, 6) is 1.51. The van der Waals surface area contributed by atoms with Crippen molar-refractivity contribution in [1.29, 1.82) is 0 Å². The summed E-state index contributed by atoms with van der Waals surface area (Å²) in [4.78, 5) is 37.3. The van der Waals surface area contributed by atoms with E-state index in [0.717, 1.165) is 23.7 Å². The number of aliphatic hydroxyl groups excluding tert-OH is 1. The predicted molar refractivity (Wildman–Crippen MR) is 96.7 cm³/mol. The van der Waals surface area contributed by atoms with Crippen molar-refractivity contribution in [2.24, 2.45) is 5.92 Å². The molecule has 2 atom stereocenters. The Bertz CT molecular complexity index is 799. The molecular weight excluding hydrogens is 372 g/mol. The van der Waals surface area contributed by atoms with Crippen molar-refractivity contribution in [3.8, 4) is 0 Å². The molecule has 0 unspecified atom stereocenters. The molecule has 11 nitrogen and oxygen atoms in total. The standard InChI is InChI=1S/C15H20N4O3.2CH2O2/c1-9-3-13(22-18-9)4-11-6-19(8-14(11)20)7-12-5-15(21)17-10(2)16-12;2*2-1-3/h3,5,11,14,20H,4,6-8H2,1-2H3,(H,16,17,21);2*1H,(H,2,3)/t11-,14-;;/m1../s1. The Hall–Kier alpha value is -3.05. The van der Waals surface area contributed by atoms with Crippen molar-refractivity contribution < 1.29 is 29.4 Å². The van der Waals surface area contributed by atoms with Crippen LogP contribution < -0.4 is 5.56 Å². The zero-order valence-electron chi connectivity index (χ0n) is 15.6. The van der Waals surface area contributed by atoms with Crippen molar-refractivity contribution >= 4 is 12.9 Å². The van der Waals surface area contributed by atoms with Crippen LogP contribution in [0.3, 0.4) is 0 Å². The number of aliphatic hydroxyl groups is 1. The third-order valence-corrected chi connectivity index (χ3v) is 3.92. The molecular formula is C17H24N4O7. The molecule has 1 aliphatic heterocycles. The van der Waals surface area contributed by atoms with E-state index in [1.807, 2.05) is 13.0 Å². The Labute approximate surface area is 160 Å². The summed E-state index contributed by atoms with van der Waals surface area (Å²) in [6, 6.07) is 3.41. The Balaban J connectivity index is 0.000000582. The monoisotopic (exact) mass is 396 g/mol. The number of aromatic nitrogens is 3. The second-order valence-corrected chi connectivity index (χ2v) is 6.19. The molecule has 1 fully saturated rings. The highest BCUT2D eigenvalue weighted by Crippen LogP contribution is 2.23. The summed E-state index contributed by atoms with van der Waals surface area (Å²) in [7, 11) is 0. The molecule has 1 saturated heterocycles. The first-order chi connectivity index (χ1) is 13.3. The summed E-state index contributed by atoms with van der Waals surface area (Å²) in [6.45, 7) is 5.03. The topological polar surface area (TPSA) is 170 Å². The number of carbonyl (C=O) groups is 2. The number of rotatable bonds is 4. The van der Waals surface area contributed by atoms with E-state index >= 15 is 0 Å².